The van der Waals surface area contributed by atoms with E-state index in [1.807, 2.05) is 6.92 Å². The maximum Gasteiger partial charge on any atom is 0.311 e. The van der Waals surface area contributed by atoms with Crippen LogP contribution in [0.25, 0.3) is 0 Å². The first-order chi connectivity index (χ1) is 9.35. The van der Waals surface area contributed by atoms with Crippen molar-refractivity contribution in [2.24, 2.45) is 5.41 Å². The number of aryl methyl sites for hydroxylation is 1. The van der Waals surface area contributed by atoms with Gasteiger partial charge in [-0.15, -0.1) is 0 Å². The third kappa shape index (κ3) is 2.77. The molecule has 6 heteroatoms. The van der Waals surface area contributed by atoms with Crippen molar-refractivity contribution in [1.29, 1.82) is 0 Å². The van der Waals surface area contributed by atoms with Crippen LogP contribution in [-0.2, 0) is 11.2 Å². The number of carbonyl (C=O) groups excluding carboxylic acids is 1. The summed E-state index contributed by atoms with van der Waals surface area (Å²) in [6.07, 6.45) is 1.15. The normalized spacial score (nSPS) is 22.1. The second kappa shape index (κ2) is 5.40. The van der Waals surface area contributed by atoms with E-state index in [0.717, 1.165) is 5.69 Å². The molecule has 1 atom stereocenters. The molecule has 1 aromatic rings. The summed E-state index contributed by atoms with van der Waals surface area (Å²) in [5, 5.41) is 9.48. The predicted molar refractivity (Wildman–Crippen MR) is 74.9 cm³/mol. The summed E-state index contributed by atoms with van der Waals surface area (Å²) in [5.41, 5.74) is 0.359. The highest BCUT2D eigenvalue weighted by atomic mass is 35.5. The van der Waals surface area contributed by atoms with Gasteiger partial charge in [0.15, 0.2) is 0 Å². The van der Waals surface area contributed by atoms with Crippen molar-refractivity contribution in [2.75, 3.05) is 13.1 Å². The first-order valence-corrected chi connectivity index (χ1v) is 6.92. The van der Waals surface area contributed by atoms with Gasteiger partial charge in [0.05, 0.1) is 5.41 Å². The number of carboxylic acids is 1. The maximum atomic E-state index is 12.4. The monoisotopic (exact) mass is 296 g/mol. The number of hydrogen-bond acceptors (Lipinski definition) is 3. The van der Waals surface area contributed by atoms with Gasteiger partial charge in [0.2, 0.25) is 0 Å². The zero-order valence-corrected chi connectivity index (χ0v) is 12.3. The topological polar surface area (TPSA) is 70.5 Å². The molecular formula is C14H17ClN2O3. The van der Waals surface area contributed by atoms with Crippen molar-refractivity contribution in [3.8, 4) is 0 Å². The fourth-order valence-electron chi connectivity index (χ4n) is 2.35. The summed E-state index contributed by atoms with van der Waals surface area (Å²) in [6.45, 7) is 4.27. The van der Waals surface area contributed by atoms with Crippen LogP contribution in [0, 0.1) is 5.41 Å². The maximum absolute atomic E-state index is 12.4. The number of rotatable bonds is 3. The van der Waals surface area contributed by atoms with E-state index in [4.69, 9.17) is 11.6 Å². The van der Waals surface area contributed by atoms with E-state index in [9.17, 15) is 14.7 Å². The van der Waals surface area contributed by atoms with Crippen molar-refractivity contribution >= 4 is 23.5 Å². The van der Waals surface area contributed by atoms with Crippen LogP contribution >= 0.6 is 11.6 Å². The molecule has 20 heavy (non-hydrogen) atoms. The Morgan fingerprint density at radius 1 is 1.50 bits per heavy atom. The highest BCUT2D eigenvalue weighted by Gasteiger charge is 2.42. The Morgan fingerprint density at radius 2 is 2.20 bits per heavy atom. The summed E-state index contributed by atoms with van der Waals surface area (Å²) >= 11 is 5.91. The zero-order valence-electron chi connectivity index (χ0n) is 11.5. The van der Waals surface area contributed by atoms with Gasteiger partial charge in [-0.3, -0.25) is 9.59 Å². The molecule has 0 spiro atoms. The molecule has 0 bridgehead atoms. The highest BCUT2D eigenvalue weighted by molar-refractivity contribution is 6.29. The Kier molecular flexibility index (Phi) is 3.99. The van der Waals surface area contributed by atoms with Crippen LogP contribution in [0.3, 0.4) is 0 Å². The lowest BCUT2D eigenvalue weighted by atomic mass is 9.90. The number of aliphatic carboxylic acids is 1. The summed E-state index contributed by atoms with van der Waals surface area (Å²) in [4.78, 5) is 29.3. The molecule has 0 aliphatic carbocycles. The van der Waals surface area contributed by atoms with Crippen molar-refractivity contribution in [2.45, 2.75) is 26.7 Å². The summed E-state index contributed by atoms with van der Waals surface area (Å²) in [5.74, 6) is -1.05. The lowest BCUT2D eigenvalue weighted by Crippen LogP contribution is -2.34. The number of aromatic nitrogens is 1. The highest BCUT2D eigenvalue weighted by Crippen LogP contribution is 2.31. The summed E-state index contributed by atoms with van der Waals surface area (Å²) in [7, 11) is 0. The van der Waals surface area contributed by atoms with Crippen LogP contribution in [0.4, 0.5) is 0 Å². The molecule has 1 aromatic heterocycles. The number of amides is 1. The SMILES string of the molecule is CCc1cc(C(=O)N2CCC(C)(C(=O)O)C2)cc(Cl)n1. The minimum absolute atomic E-state index is 0.186. The van der Waals surface area contributed by atoms with Gasteiger partial charge < -0.3 is 10.0 Å². The van der Waals surface area contributed by atoms with Crippen molar-refractivity contribution in [3.63, 3.8) is 0 Å². The Balaban J connectivity index is 2.21. The quantitative estimate of drug-likeness (QED) is 0.868. The van der Waals surface area contributed by atoms with Gasteiger partial charge in [-0.25, -0.2) is 4.98 Å². The summed E-state index contributed by atoms with van der Waals surface area (Å²) < 4.78 is 0. The number of carboxylic acid groups (broad SMARTS) is 1. The van der Waals surface area contributed by atoms with Crippen LogP contribution < -0.4 is 0 Å². The number of halogens is 1. The number of pyridine rings is 1. The van der Waals surface area contributed by atoms with Crippen LogP contribution in [0.5, 0.6) is 0 Å². The second-order valence-corrected chi connectivity index (χ2v) is 5.75. The molecule has 2 rings (SSSR count). The molecule has 1 aliphatic rings. The summed E-state index contributed by atoms with van der Waals surface area (Å²) in [6, 6.07) is 3.24. The largest absolute Gasteiger partial charge is 0.481 e. The first kappa shape index (κ1) is 14.8. The zero-order chi connectivity index (χ0) is 14.9. The fraction of sp³-hybridized carbons (Fsp3) is 0.500. The van der Waals surface area contributed by atoms with E-state index in [2.05, 4.69) is 4.98 Å². The van der Waals surface area contributed by atoms with E-state index in [1.54, 1.807) is 17.9 Å². The molecule has 5 nitrogen and oxygen atoms in total. The second-order valence-electron chi connectivity index (χ2n) is 5.37. The van der Waals surface area contributed by atoms with E-state index in [1.165, 1.54) is 6.07 Å². The van der Waals surface area contributed by atoms with E-state index < -0.39 is 11.4 Å². The number of likely N-dealkylation sites (tertiary alicyclic amines) is 1. The fourth-order valence-corrected chi connectivity index (χ4v) is 2.57. The standard InChI is InChI=1S/C14H17ClN2O3/c1-3-10-6-9(7-11(15)16-10)12(18)17-5-4-14(2,8-17)13(19)20/h6-7H,3-5,8H2,1-2H3,(H,19,20). The molecule has 2 heterocycles. The number of nitrogens with zero attached hydrogens (tertiary/aromatic N) is 2. The van der Waals surface area contributed by atoms with Gasteiger partial charge in [0.25, 0.3) is 5.91 Å². The molecule has 0 aromatic carbocycles. The van der Waals surface area contributed by atoms with Crippen LogP contribution in [0.1, 0.15) is 36.3 Å². The Morgan fingerprint density at radius 3 is 2.75 bits per heavy atom. The van der Waals surface area contributed by atoms with Crippen LogP contribution in [0.15, 0.2) is 12.1 Å². The van der Waals surface area contributed by atoms with Gasteiger partial charge in [0.1, 0.15) is 5.15 Å². The molecule has 1 unspecified atom stereocenters. The third-order valence-electron chi connectivity index (χ3n) is 3.73. The van der Waals surface area contributed by atoms with Gasteiger partial charge in [0, 0.05) is 24.3 Å². The average Bonchev–Trinajstić information content (AvgIpc) is 2.81. The van der Waals surface area contributed by atoms with Gasteiger partial charge in [-0.05, 0) is 31.9 Å². The Hall–Kier alpha value is -1.62. The molecule has 1 N–H and O–H groups in total. The lowest BCUT2D eigenvalue weighted by molar-refractivity contribution is -0.147. The van der Waals surface area contributed by atoms with E-state index in [0.29, 0.717) is 24.9 Å². The molecule has 0 radical (unpaired) electrons. The Labute approximate surface area is 122 Å². The minimum Gasteiger partial charge on any atom is -0.481 e. The van der Waals surface area contributed by atoms with Crippen molar-refractivity contribution < 1.29 is 14.7 Å². The number of hydrogen-bond donors (Lipinski definition) is 1. The molecule has 108 valence electrons. The van der Waals surface area contributed by atoms with Crippen LogP contribution in [0.2, 0.25) is 5.15 Å². The average molecular weight is 297 g/mol. The lowest BCUT2D eigenvalue weighted by Gasteiger charge is -2.20. The van der Waals surface area contributed by atoms with E-state index >= 15 is 0 Å². The van der Waals surface area contributed by atoms with Crippen molar-refractivity contribution in [3.05, 3.63) is 28.5 Å². The smallest absolute Gasteiger partial charge is 0.311 e. The molecular weight excluding hydrogens is 280 g/mol. The van der Waals surface area contributed by atoms with Crippen molar-refractivity contribution in [1.82, 2.24) is 9.88 Å². The van der Waals surface area contributed by atoms with Gasteiger partial charge in [-0.2, -0.15) is 0 Å². The van der Waals surface area contributed by atoms with Crippen LogP contribution in [-0.4, -0.2) is 40.0 Å². The Bertz CT molecular complexity index is 561. The first-order valence-electron chi connectivity index (χ1n) is 6.55. The molecule has 1 fully saturated rings. The predicted octanol–water partition coefficient (Wildman–Crippen LogP) is 2.23. The molecule has 1 saturated heterocycles. The minimum atomic E-state index is -0.866. The molecule has 1 amide bonds. The third-order valence-corrected chi connectivity index (χ3v) is 3.93. The molecule has 0 saturated carbocycles. The number of carbonyl (C=O) groups is 2. The van der Waals surface area contributed by atoms with Gasteiger partial charge in [-0.1, -0.05) is 18.5 Å². The van der Waals surface area contributed by atoms with E-state index in [-0.39, 0.29) is 17.6 Å². The molecule has 1 aliphatic heterocycles. The van der Waals surface area contributed by atoms with Gasteiger partial charge >= 0.3 is 5.97 Å².